The lowest BCUT2D eigenvalue weighted by Crippen LogP contribution is -2.27. The summed E-state index contributed by atoms with van der Waals surface area (Å²) in [6, 6.07) is 0. The first kappa shape index (κ1) is 46.0. The standard InChI is InChI=1S/C45H72O4/c1-3-5-7-9-11-13-15-17-18-19-20-21-22-23-24-25-26-27-29-31-33-35-37-39-41-48-43-44(42-46)49-45(47)40-38-36-34-32-30-28-16-14-12-10-8-6-4-2/h5-8,11-14,17-18,20-21,23-24,28,30,34,36,44,46H,3-4,9-10,15-16,19,22,25-27,29,31-33,35,37-43H2,1-2H3/b7-5-,8-6-,13-11-,14-12-,18-17-,21-20-,24-23-,30-28-,36-34-. The molecule has 0 amide bonds. The van der Waals surface area contributed by atoms with Crippen molar-refractivity contribution < 1.29 is 19.4 Å². The molecular weight excluding hydrogens is 604 g/mol. The first-order chi connectivity index (χ1) is 24.2. The van der Waals surface area contributed by atoms with Gasteiger partial charge >= 0.3 is 5.97 Å². The number of aliphatic hydroxyl groups is 1. The van der Waals surface area contributed by atoms with Gasteiger partial charge in [-0.25, -0.2) is 0 Å². The average Bonchev–Trinajstić information content (AvgIpc) is 3.11. The van der Waals surface area contributed by atoms with Crippen molar-refractivity contribution in [1.29, 1.82) is 0 Å². The van der Waals surface area contributed by atoms with Gasteiger partial charge in [0, 0.05) is 13.0 Å². The molecule has 0 fully saturated rings. The molecule has 276 valence electrons. The number of carbonyl (C=O) groups is 1. The van der Waals surface area contributed by atoms with Crippen molar-refractivity contribution in [2.24, 2.45) is 0 Å². The molecule has 0 saturated carbocycles. The summed E-state index contributed by atoms with van der Waals surface area (Å²) in [5.41, 5.74) is 0. The molecule has 1 atom stereocenters. The lowest BCUT2D eigenvalue weighted by Gasteiger charge is -2.15. The third-order valence-electron chi connectivity index (χ3n) is 7.61. The fourth-order valence-electron chi connectivity index (χ4n) is 4.78. The molecule has 49 heavy (non-hydrogen) atoms. The van der Waals surface area contributed by atoms with E-state index in [0.29, 0.717) is 19.4 Å². The minimum absolute atomic E-state index is 0.212. The number of hydrogen-bond donors (Lipinski definition) is 1. The Bertz CT molecular complexity index is 976. The Kier molecular flexibility index (Phi) is 38.7. The van der Waals surface area contributed by atoms with Gasteiger partial charge in [0.05, 0.1) is 13.2 Å². The highest BCUT2D eigenvalue weighted by molar-refractivity contribution is 5.69. The van der Waals surface area contributed by atoms with Gasteiger partial charge in [-0.05, 0) is 83.5 Å². The normalized spacial score (nSPS) is 13.6. The topological polar surface area (TPSA) is 55.8 Å². The summed E-state index contributed by atoms with van der Waals surface area (Å²) in [6.45, 7) is 4.99. The minimum atomic E-state index is -0.584. The molecule has 0 heterocycles. The molecule has 0 aromatic rings. The summed E-state index contributed by atoms with van der Waals surface area (Å²) in [7, 11) is 0. The molecule has 0 aromatic heterocycles. The number of allylic oxidation sites excluding steroid dienone is 18. The Balaban J connectivity index is 3.58. The second-order valence-electron chi connectivity index (χ2n) is 12.2. The van der Waals surface area contributed by atoms with Crippen LogP contribution < -0.4 is 0 Å². The Morgan fingerprint density at radius 1 is 0.490 bits per heavy atom. The maximum absolute atomic E-state index is 12.1. The van der Waals surface area contributed by atoms with Crippen LogP contribution in [0.2, 0.25) is 0 Å². The molecule has 0 spiro atoms. The van der Waals surface area contributed by atoms with Gasteiger partial charge in [-0.3, -0.25) is 4.79 Å². The second kappa shape index (κ2) is 41.2. The number of aliphatic hydroxyl groups excluding tert-OH is 1. The van der Waals surface area contributed by atoms with E-state index in [4.69, 9.17) is 9.47 Å². The molecule has 0 aromatic carbocycles. The first-order valence-electron chi connectivity index (χ1n) is 19.5. The van der Waals surface area contributed by atoms with Crippen LogP contribution in [0.15, 0.2) is 109 Å². The van der Waals surface area contributed by atoms with E-state index in [1.165, 1.54) is 44.9 Å². The monoisotopic (exact) mass is 677 g/mol. The van der Waals surface area contributed by atoms with E-state index in [1.807, 2.05) is 6.08 Å². The zero-order chi connectivity index (χ0) is 35.6. The molecule has 0 aliphatic carbocycles. The number of hydrogen-bond acceptors (Lipinski definition) is 4. The first-order valence-corrected chi connectivity index (χ1v) is 19.5. The Morgan fingerprint density at radius 2 is 0.857 bits per heavy atom. The second-order valence-corrected chi connectivity index (χ2v) is 12.2. The van der Waals surface area contributed by atoms with Crippen LogP contribution in [-0.4, -0.2) is 37.0 Å². The number of rotatable bonds is 34. The molecule has 1 N–H and O–H groups in total. The van der Waals surface area contributed by atoms with Crippen molar-refractivity contribution in [3.8, 4) is 0 Å². The van der Waals surface area contributed by atoms with Crippen molar-refractivity contribution in [3.63, 3.8) is 0 Å². The van der Waals surface area contributed by atoms with Gasteiger partial charge in [-0.2, -0.15) is 0 Å². The van der Waals surface area contributed by atoms with Gasteiger partial charge in [-0.1, -0.05) is 162 Å². The quantitative estimate of drug-likeness (QED) is 0.0419. The fourth-order valence-corrected chi connectivity index (χ4v) is 4.78. The van der Waals surface area contributed by atoms with Crippen LogP contribution in [0.5, 0.6) is 0 Å². The van der Waals surface area contributed by atoms with Gasteiger partial charge < -0.3 is 14.6 Å². The zero-order valence-corrected chi connectivity index (χ0v) is 31.4. The highest BCUT2D eigenvalue weighted by Crippen LogP contribution is 2.11. The van der Waals surface area contributed by atoms with Crippen LogP contribution in [0.25, 0.3) is 0 Å². The number of esters is 1. The smallest absolute Gasteiger partial charge is 0.306 e. The Morgan fingerprint density at radius 3 is 1.29 bits per heavy atom. The third-order valence-corrected chi connectivity index (χ3v) is 7.61. The molecule has 0 radical (unpaired) electrons. The minimum Gasteiger partial charge on any atom is -0.457 e. The van der Waals surface area contributed by atoms with Gasteiger partial charge in [0.1, 0.15) is 6.10 Å². The largest absolute Gasteiger partial charge is 0.457 e. The van der Waals surface area contributed by atoms with Crippen molar-refractivity contribution in [2.45, 2.75) is 148 Å². The molecule has 0 rings (SSSR count). The maximum Gasteiger partial charge on any atom is 0.306 e. The van der Waals surface area contributed by atoms with Crippen molar-refractivity contribution >= 4 is 5.97 Å². The average molecular weight is 677 g/mol. The van der Waals surface area contributed by atoms with E-state index in [-0.39, 0.29) is 19.2 Å². The van der Waals surface area contributed by atoms with Crippen molar-refractivity contribution in [1.82, 2.24) is 0 Å². The van der Waals surface area contributed by atoms with E-state index >= 15 is 0 Å². The van der Waals surface area contributed by atoms with Crippen molar-refractivity contribution in [2.75, 3.05) is 19.8 Å². The van der Waals surface area contributed by atoms with Crippen LogP contribution in [0.4, 0.5) is 0 Å². The van der Waals surface area contributed by atoms with Gasteiger partial charge in [0.25, 0.3) is 0 Å². The highest BCUT2D eigenvalue weighted by atomic mass is 16.6. The highest BCUT2D eigenvalue weighted by Gasteiger charge is 2.13. The zero-order valence-electron chi connectivity index (χ0n) is 31.4. The number of unbranched alkanes of at least 4 members (excludes halogenated alkanes) is 8. The molecule has 0 aliphatic heterocycles. The van der Waals surface area contributed by atoms with Gasteiger partial charge in [0.2, 0.25) is 0 Å². The summed E-state index contributed by atoms with van der Waals surface area (Å²) < 4.78 is 11.1. The lowest BCUT2D eigenvalue weighted by atomic mass is 10.1. The Labute approximate surface area is 302 Å². The summed E-state index contributed by atoms with van der Waals surface area (Å²) in [4.78, 5) is 12.1. The van der Waals surface area contributed by atoms with Crippen LogP contribution in [-0.2, 0) is 14.3 Å². The molecular formula is C45H72O4. The van der Waals surface area contributed by atoms with Gasteiger partial charge in [-0.15, -0.1) is 0 Å². The molecule has 0 aliphatic rings. The molecule has 4 nitrogen and oxygen atoms in total. The summed E-state index contributed by atoms with van der Waals surface area (Å²) in [5, 5.41) is 9.55. The third kappa shape index (κ3) is 39.4. The molecule has 0 bridgehead atoms. The molecule has 1 unspecified atom stereocenters. The Hall–Kier alpha value is -2.95. The SMILES string of the molecule is CC/C=C\C/C=C\C/C=C\C/C=C\C/C=C\CCCCCCCCCCOCC(CO)OC(=O)CC/C=C\C/C=C\C/C=C\C/C=C\CC. The van der Waals surface area contributed by atoms with E-state index in [9.17, 15) is 9.90 Å². The molecule has 4 heteroatoms. The van der Waals surface area contributed by atoms with Gasteiger partial charge in [0.15, 0.2) is 0 Å². The van der Waals surface area contributed by atoms with Crippen LogP contribution >= 0.6 is 0 Å². The lowest BCUT2D eigenvalue weighted by molar-refractivity contribution is -0.154. The van der Waals surface area contributed by atoms with E-state index in [1.54, 1.807) is 0 Å². The predicted molar refractivity (Wildman–Crippen MR) is 214 cm³/mol. The van der Waals surface area contributed by atoms with E-state index in [0.717, 1.165) is 70.6 Å². The van der Waals surface area contributed by atoms with E-state index < -0.39 is 6.10 Å². The van der Waals surface area contributed by atoms with Crippen LogP contribution in [0.1, 0.15) is 142 Å². The summed E-state index contributed by atoms with van der Waals surface area (Å²) in [6.07, 6.45) is 60.1. The number of carbonyl (C=O) groups excluding carboxylic acids is 1. The fraction of sp³-hybridized carbons (Fsp3) is 0.578. The summed E-state index contributed by atoms with van der Waals surface area (Å²) >= 11 is 0. The van der Waals surface area contributed by atoms with Crippen LogP contribution in [0.3, 0.4) is 0 Å². The van der Waals surface area contributed by atoms with Crippen LogP contribution in [0, 0.1) is 0 Å². The van der Waals surface area contributed by atoms with E-state index in [2.05, 4.69) is 117 Å². The summed E-state index contributed by atoms with van der Waals surface area (Å²) in [5.74, 6) is -0.289. The number of ether oxygens (including phenoxy) is 2. The molecule has 0 saturated heterocycles. The van der Waals surface area contributed by atoms with Crippen molar-refractivity contribution in [3.05, 3.63) is 109 Å². The maximum atomic E-state index is 12.1. The predicted octanol–water partition coefficient (Wildman–Crippen LogP) is 12.8.